The van der Waals surface area contributed by atoms with E-state index in [0.29, 0.717) is 15.8 Å². The number of phenols is 1. The van der Waals surface area contributed by atoms with Crippen molar-refractivity contribution in [3.05, 3.63) is 57.8 Å². The average Bonchev–Trinajstić information content (AvgIpc) is 2.47. The molecule has 0 atom stereocenters. The van der Waals surface area contributed by atoms with Gasteiger partial charge in [-0.15, -0.1) is 0 Å². The molecule has 2 aromatic rings. The Morgan fingerprint density at radius 3 is 2.76 bits per heavy atom. The van der Waals surface area contributed by atoms with Crippen molar-refractivity contribution >= 4 is 21.8 Å². The van der Waals surface area contributed by atoms with Crippen LogP contribution in [0, 0.1) is 5.82 Å². The molecule has 0 fully saturated rings. The largest absolute Gasteiger partial charge is 0.507 e. The highest BCUT2D eigenvalue weighted by Gasteiger charge is 2.12. The van der Waals surface area contributed by atoms with Crippen LogP contribution in [-0.4, -0.2) is 18.1 Å². The summed E-state index contributed by atoms with van der Waals surface area (Å²) in [6, 6.07) is 8.62. The number of benzene rings is 2. The zero-order valence-electron chi connectivity index (χ0n) is 11.2. The van der Waals surface area contributed by atoms with Crippen molar-refractivity contribution in [2.45, 2.75) is 6.54 Å². The molecule has 0 bridgehead atoms. The molecule has 4 nitrogen and oxygen atoms in total. The lowest BCUT2D eigenvalue weighted by atomic mass is 10.1. The minimum absolute atomic E-state index is 0.128. The number of nitrogens with one attached hydrogen (secondary N) is 1. The van der Waals surface area contributed by atoms with Gasteiger partial charge in [-0.05, 0) is 35.9 Å². The predicted octanol–water partition coefficient (Wildman–Crippen LogP) is 3.23. The van der Waals surface area contributed by atoms with Gasteiger partial charge in [-0.25, -0.2) is 4.39 Å². The molecule has 0 heterocycles. The number of hydrogen-bond acceptors (Lipinski definition) is 3. The van der Waals surface area contributed by atoms with E-state index in [1.165, 1.54) is 31.4 Å². The number of aromatic hydroxyl groups is 1. The number of amides is 1. The van der Waals surface area contributed by atoms with Gasteiger partial charge in [0.25, 0.3) is 5.91 Å². The van der Waals surface area contributed by atoms with E-state index >= 15 is 0 Å². The maximum Gasteiger partial charge on any atom is 0.255 e. The first-order valence-electron chi connectivity index (χ1n) is 6.10. The Morgan fingerprint density at radius 2 is 2.10 bits per heavy atom. The summed E-state index contributed by atoms with van der Waals surface area (Å²) in [5, 5.41) is 12.4. The molecule has 0 radical (unpaired) electrons. The van der Waals surface area contributed by atoms with Crippen molar-refractivity contribution in [1.82, 2.24) is 5.32 Å². The minimum Gasteiger partial charge on any atom is -0.507 e. The van der Waals surface area contributed by atoms with Gasteiger partial charge in [0.1, 0.15) is 17.3 Å². The Morgan fingerprint density at radius 1 is 1.33 bits per heavy atom. The summed E-state index contributed by atoms with van der Waals surface area (Å²) in [6.07, 6.45) is 0. The van der Waals surface area contributed by atoms with E-state index < -0.39 is 5.91 Å². The summed E-state index contributed by atoms with van der Waals surface area (Å²) >= 11 is 3.29. The number of rotatable bonds is 4. The lowest BCUT2D eigenvalue weighted by Gasteiger charge is -2.09. The number of methoxy groups -OCH3 is 1. The summed E-state index contributed by atoms with van der Waals surface area (Å²) in [7, 11) is 1.47. The molecule has 2 N–H and O–H groups in total. The Hall–Kier alpha value is -2.08. The summed E-state index contributed by atoms with van der Waals surface area (Å²) in [4.78, 5) is 12.0. The van der Waals surface area contributed by atoms with Crippen LogP contribution in [0.2, 0.25) is 0 Å². The SMILES string of the molecule is COc1ccc(C(=O)NCc2cc(F)ccc2Br)c(O)c1. The highest BCUT2D eigenvalue weighted by molar-refractivity contribution is 9.10. The molecule has 2 rings (SSSR count). The Labute approximate surface area is 129 Å². The van der Waals surface area contributed by atoms with Crippen molar-refractivity contribution in [2.75, 3.05) is 7.11 Å². The Bertz CT molecular complexity index is 676. The first-order chi connectivity index (χ1) is 10.0. The van der Waals surface area contributed by atoms with Gasteiger partial charge in [0, 0.05) is 17.1 Å². The number of hydrogen-bond donors (Lipinski definition) is 2. The lowest BCUT2D eigenvalue weighted by molar-refractivity contribution is 0.0948. The number of ether oxygens (including phenoxy) is 1. The summed E-state index contributed by atoms with van der Waals surface area (Å²) in [6.45, 7) is 0.142. The fraction of sp³-hybridized carbons (Fsp3) is 0.133. The van der Waals surface area contributed by atoms with Gasteiger partial charge < -0.3 is 15.2 Å². The van der Waals surface area contributed by atoms with Crippen molar-refractivity contribution in [3.8, 4) is 11.5 Å². The van der Waals surface area contributed by atoms with Gasteiger partial charge in [-0.1, -0.05) is 15.9 Å². The fourth-order valence-electron chi connectivity index (χ4n) is 1.78. The van der Waals surface area contributed by atoms with Crippen LogP contribution in [0.1, 0.15) is 15.9 Å². The van der Waals surface area contributed by atoms with Crippen molar-refractivity contribution in [2.24, 2.45) is 0 Å². The summed E-state index contributed by atoms with van der Waals surface area (Å²) in [5.74, 6) is -0.553. The number of halogens is 2. The molecule has 21 heavy (non-hydrogen) atoms. The molecule has 0 saturated carbocycles. The fourth-order valence-corrected chi connectivity index (χ4v) is 2.17. The molecule has 0 aliphatic rings. The van der Waals surface area contributed by atoms with Crippen molar-refractivity contribution in [3.63, 3.8) is 0 Å². The van der Waals surface area contributed by atoms with E-state index in [2.05, 4.69) is 21.2 Å². The molecule has 110 valence electrons. The molecule has 0 spiro atoms. The maximum absolute atomic E-state index is 13.2. The standard InChI is InChI=1S/C15H13BrFNO3/c1-21-11-3-4-12(14(19)7-11)15(20)18-8-9-6-10(17)2-5-13(9)16/h2-7,19H,8H2,1H3,(H,18,20). The number of carbonyl (C=O) groups excluding carboxylic acids is 1. The molecular weight excluding hydrogens is 341 g/mol. The Kier molecular flexibility index (Phi) is 4.80. The van der Waals surface area contributed by atoms with Gasteiger partial charge >= 0.3 is 0 Å². The quantitative estimate of drug-likeness (QED) is 0.886. The zero-order chi connectivity index (χ0) is 15.4. The third-order valence-electron chi connectivity index (χ3n) is 2.90. The highest BCUT2D eigenvalue weighted by atomic mass is 79.9. The van der Waals surface area contributed by atoms with Gasteiger partial charge in [-0.2, -0.15) is 0 Å². The molecule has 0 unspecified atom stereocenters. The molecule has 2 aromatic carbocycles. The van der Waals surface area contributed by atoms with Crippen LogP contribution in [0.15, 0.2) is 40.9 Å². The third kappa shape index (κ3) is 3.72. The summed E-state index contributed by atoms with van der Waals surface area (Å²) < 4.78 is 18.8. The predicted molar refractivity (Wildman–Crippen MR) is 79.9 cm³/mol. The van der Waals surface area contributed by atoms with Crippen LogP contribution in [0.3, 0.4) is 0 Å². The molecule has 0 aliphatic carbocycles. The van der Waals surface area contributed by atoms with Crippen LogP contribution in [0.4, 0.5) is 4.39 Å². The van der Waals surface area contributed by atoms with Gasteiger partial charge in [0.2, 0.25) is 0 Å². The normalized spacial score (nSPS) is 10.2. The second-order valence-corrected chi connectivity index (χ2v) is 5.16. The van der Waals surface area contributed by atoms with Gasteiger partial charge in [0.05, 0.1) is 12.7 Å². The molecule has 0 saturated heterocycles. The molecule has 6 heteroatoms. The average molecular weight is 354 g/mol. The monoisotopic (exact) mass is 353 g/mol. The van der Waals surface area contributed by atoms with Crippen LogP contribution in [0.25, 0.3) is 0 Å². The third-order valence-corrected chi connectivity index (χ3v) is 3.67. The summed E-state index contributed by atoms with van der Waals surface area (Å²) in [5.41, 5.74) is 0.736. The van der Waals surface area contributed by atoms with E-state index in [-0.39, 0.29) is 23.7 Å². The van der Waals surface area contributed by atoms with E-state index in [4.69, 9.17) is 4.74 Å². The second-order valence-electron chi connectivity index (χ2n) is 4.30. The number of carbonyl (C=O) groups is 1. The van der Waals surface area contributed by atoms with Crippen LogP contribution < -0.4 is 10.1 Å². The second kappa shape index (κ2) is 6.58. The van der Waals surface area contributed by atoms with Gasteiger partial charge in [-0.3, -0.25) is 4.79 Å². The Balaban J connectivity index is 2.10. The van der Waals surface area contributed by atoms with E-state index in [1.807, 2.05) is 0 Å². The van der Waals surface area contributed by atoms with E-state index in [9.17, 15) is 14.3 Å². The molecule has 1 amide bonds. The number of phenolic OH excluding ortho intramolecular Hbond substituents is 1. The lowest BCUT2D eigenvalue weighted by Crippen LogP contribution is -2.23. The zero-order valence-corrected chi connectivity index (χ0v) is 12.8. The maximum atomic E-state index is 13.2. The molecule has 0 aliphatic heterocycles. The first-order valence-corrected chi connectivity index (χ1v) is 6.89. The van der Waals surface area contributed by atoms with Crippen LogP contribution >= 0.6 is 15.9 Å². The van der Waals surface area contributed by atoms with Crippen LogP contribution in [-0.2, 0) is 6.54 Å². The van der Waals surface area contributed by atoms with Gasteiger partial charge in [0.15, 0.2) is 0 Å². The minimum atomic E-state index is -0.452. The van der Waals surface area contributed by atoms with Crippen molar-refractivity contribution < 1.29 is 19.0 Å². The van der Waals surface area contributed by atoms with Crippen LogP contribution in [0.5, 0.6) is 11.5 Å². The first kappa shape index (κ1) is 15.3. The van der Waals surface area contributed by atoms with E-state index in [0.717, 1.165) is 0 Å². The topological polar surface area (TPSA) is 58.6 Å². The smallest absolute Gasteiger partial charge is 0.255 e. The molecular formula is C15H13BrFNO3. The van der Waals surface area contributed by atoms with Crippen molar-refractivity contribution in [1.29, 1.82) is 0 Å². The van der Waals surface area contributed by atoms with E-state index in [1.54, 1.807) is 12.1 Å². The molecule has 0 aromatic heterocycles. The highest BCUT2D eigenvalue weighted by Crippen LogP contribution is 2.23.